The van der Waals surface area contributed by atoms with Crippen LogP contribution in [0, 0.1) is 0 Å². The van der Waals surface area contributed by atoms with Crippen molar-refractivity contribution in [2.75, 3.05) is 51.8 Å². The Bertz CT molecular complexity index is 930. The zero-order chi connectivity index (χ0) is 23.3. The minimum Gasteiger partial charge on any atom is -0.497 e. The zero-order valence-corrected chi connectivity index (χ0v) is 19.5. The lowest BCUT2D eigenvalue weighted by molar-refractivity contribution is -0.171. The van der Waals surface area contributed by atoms with Crippen LogP contribution in [-0.4, -0.2) is 74.6 Å². The number of aliphatic hydroxyl groups excluding tert-OH is 1. The van der Waals surface area contributed by atoms with E-state index in [1.807, 2.05) is 18.2 Å². The number of carbonyl (C=O) groups is 1. The molecule has 0 saturated carbocycles. The number of methoxy groups -OCH3 is 2. The highest BCUT2D eigenvalue weighted by Gasteiger charge is 2.50. The first-order valence-corrected chi connectivity index (χ1v) is 11.7. The number of aryl methyl sites for hydroxylation is 1. The lowest BCUT2D eigenvalue weighted by Gasteiger charge is -2.37. The number of esters is 1. The molecule has 1 N–H and O–H groups in total. The van der Waals surface area contributed by atoms with Crippen molar-refractivity contribution in [3.63, 3.8) is 0 Å². The fraction of sp³-hybridized carbons (Fsp3) is 0.500. The predicted molar refractivity (Wildman–Crippen MR) is 127 cm³/mol. The molecule has 1 fully saturated rings. The number of aliphatic hydroxyl groups is 1. The fourth-order valence-electron chi connectivity index (χ4n) is 4.86. The molecule has 2 aliphatic heterocycles. The second-order valence-electron chi connectivity index (χ2n) is 8.78. The summed E-state index contributed by atoms with van der Waals surface area (Å²) in [5.74, 6) is 0.701. The molecule has 1 saturated heterocycles. The van der Waals surface area contributed by atoms with Gasteiger partial charge in [0.2, 0.25) is 5.60 Å². The molecule has 2 aromatic carbocycles. The third-order valence-corrected chi connectivity index (χ3v) is 6.84. The Labute approximate surface area is 195 Å². The highest BCUT2D eigenvalue weighted by molar-refractivity contribution is 5.81. The molecule has 33 heavy (non-hydrogen) atoms. The molecule has 178 valence electrons. The molecule has 2 aliphatic rings. The van der Waals surface area contributed by atoms with Crippen molar-refractivity contribution in [3.05, 3.63) is 54.1 Å². The maximum atomic E-state index is 12.9. The molecule has 0 spiro atoms. The average Bonchev–Trinajstić information content (AvgIpc) is 3.01. The number of rotatable bonds is 7. The number of anilines is 1. The first-order valence-electron chi connectivity index (χ1n) is 11.7. The Balaban J connectivity index is 1.41. The topological polar surface area (TPSA) is 71.5 Å². The Kier molecular flexibility index (Phi) is 7.40. The van der Waals surface area contributed by atoms with E-state index in [-0.39, 0.29) is 0 Å². The van der Waals surface area contributed by atoms with Crippen LogP contribution in [-0.2, 0) is 16.0 Å². The maximum absolute atomic E-state index is 12.9. The third kappa shape index (κ3) is 5.09. The van der Waals surface area contributed by atoms with Crippen LogP contribution in [0.2, 0.25) is 0 Å². The Morgan fingerprint density at radius 3 is 2.58 bits per heavy atom. The monoisotopic (exact) mass is 454 g/mol. The Hall–Kier alpha value is -2.77. The van der Waals surface area contributed by atoms with E-state index in [0.717, 1.165) is 44.7 Å². The number of carbonyl (C=O) groups excluding carboxylic acids is 1. The highest BCUT2D eigenvalue weighted by atomic mass is 16.6. The largest absolute Gasteiger partial charge is 0.497 e. The number of ether oxygens (including phenoxy) is 3. The molecule has 0 radical (unpaired) electrons. The quantitative estimate of drug-likeness (QED) is 0.645. The van der Waals surface area contributed by atoms with Crippen LogP contribution in [0.1, 0.15) is 24.8 Å². The standard InChI is InChI=1S/C26H34N2O5/c1-31-22-11-9-20-10-12-24(29)26(25(30)32-2,33-23(20)19-22)13-6-14-27-15-17-28(18-16-27)21-7-4-3-5-8-21/h3-5,7-9,11,19,24,29H,6,10,12-18H2,1-2H3/t24-,26+/m1/s1. The molecule has 0 unspecified atom stereocenters. The number of para-hydroxylation sites is 1. The SMILES string of the molecule is COC(=O)[C@@]1(CCCN2CCN(c3ccccc3)CC2)Oc2cc(OC)ccc2CC[C@H]1O. The highest BCUT2D eigenvalue weighted by Crippen LogP contribution is 2.38. The van der Waals surface area contributed by atoms with E-state index in [0.29, 0.717) is 30.8 Å². The summed E-state index contributed by atoms with van der Waals surface area (Å²) in [6.45, 7) is 4.70. The molecule has 2 heterocycles. The molecule has 0 amide bonds. The molecule has 2 aromatic rings. The third-order valence-electron chi connectivity index (χ3n) is 6.84. The summed E-state index contributed by atoms with van der Waals surface area (Å²) in [5, 5.41) is 11.0. The van der Waals surface area contributed by atoms with Gasteiger partial charge in [0.25, 0.3) is 0 Å². The van der Waals surface area contributed by atoms with E-state index in [2.05, 4.69) is 34.1 Å². The molecular formula is C26H34N2O5. The van der Waals surface area contributed by atoms with Crippen molar-refractivity contribution in [3.8, 4) is 11.5 Å². The number of hydrogen-bond acceptors (Lipinski definition) is 7. The van der Waals surface area contributed by atoms with E-state index in [9.17, 15) is 9.90 Å². The fourth-order valence-corrected chi connectivity index (χ4v) is 4.86. The molecule has 0 aliphatic carbocycles. The summed E-state index contributed by atoms with van der Waals surface area (Å²) in [5.41, 5.74) is 0.793. The molecule has 7 nitrogen and oxygen atoms in total. The maximum Gasteiger partial charge on any atom is 0.352 e. The van der Waals surface area contributed by atoms with Crippen molar-refractivity contribution in [2.24, 2.45) is 0 Å². The summed E-state index contributed by atoms with van der Waals surface area (Å²) in [6.07, 6.45) is 1.22. The van der Waals surface area contributed by atoms with Crippen molar-refractivity contribution < 1.29 is 24.1 Å². The van der Waals surface area contributed by atoms with Gasteiger partial charge in [0, 0.05) is 44.4 Å². The lowest BCUT2D eigenvalue weighted by atomic mass is 9.88. The predicted octanol–water partition coefficient (Wildman–Crippen LogP) is 2.90. The van der Waals surface area contributed by atoms with E-state index in [1.54, 1.807) is 13.2 Å². The second-order valence-corrected chi connectivity index (χ2v) is 8.78. The van der Waals surface area contributed by atoms with E-state index < -0.39 is 17.7 Å². The van der Waals surface area contributed by atoms with Gasteiger partial charge in [-0.25, -0.2) is 4.79 Å². The summed E-state index contributed by atoms with van der Waals surface area (Å²) in [4.78, 5) is 17.7. The molecule has 2 atom stereocenters. The first kappa shape index (κ1) is 23.4. The molecule has 4 rings (SSSR count). The second kappa shape index (κ2) is 10.4. The van der Waals surface area contributed by atoms with Gasteiger partial charge in [0.05, 0.1) is 14.2 Å². The van der Waals surface area contributed by atoms with Gasteiger partial charge < -0.3 is 24.2 Å². The summed E-state index contributed by atoms with van der Waals surface area (Å²) >= 11 is 0. The zero-order valence-electron chi connectivity index (χ0n) is 19.5. The number of benzene rings is 2. The van der Waals surface area contributed by atoms with Crippen LogP contribution in [0.3, 0.4) is 0 Å². The van der Waals surface area contributed by atoms with Gasteiger partial charge in [0.15, 0.2) is 0 Å². The Morgan fingerprint density at radius 2 is 1.88 bits per heavy atom. The van der Waals surface area contributed by atoms with Crippen LogP contribution in [0.4, 0.5) is 5.69 Å². The van der Waals surface area contributed by atoms with Crippen molar-refractivity contribution in [2.45, 2.75) is 37.4 Å². The molecular weight excluding hydrogens is 420 g/mol. The van der Waals surface area contributed by atoms with Crippen LogP contribution < -0.4 is 14.4 Å². The average molecular weight is 455 g/mol. The van der Waals surface area contributed by atoms with Crippen LogP contribution in [0.15, 0.2) is 48.5 Å². The van der Waals surface area contributed by atoms with E-state index in [4.69, 9.17) is 14.2 Å². The lowest BCUT2D eigenvalue weighted by Crippen LogP contribution is -2.55. The molecule has 0 aromatic heterocycles. The number of hydrogen-bond donors (Lipinski definition) is 1. The first-order chi connectivity index (χ1) is 16.1. The summed E-state index contributed by atoms with van der Waals surface area (Å²) in [6, 6.07) is 16.1. The minimum absolute atomic E-state index is 0.385. The van der Waals surface area contributed by atoms with Crippen molar-refractivity contribution in [1.82, 2.24) is 4.90 Å². The van der Waals surface area contributed by atoms with Gasteiger partial charge in [-0.15, -0.1) is 0 Å². The Morgan fingerprint density at radius 1 is 1.12 bits per heavy atom. The number of nitrogens with zero attached hydrogens (tertiary/aromatic N) is 2. The smallest absolute Gasteiger partial charge is 0.352 e. The minimum atomic E-state index is -1.42. The van der Waals surface area contributed by atoms with Gasteiger partial charge in [-0.1, -0.05) is 24.3 Å². The number of fused-ring (bicyclic) bond motifs is 1. The van der Waals surface area contributed by atoms with Crippen molar-refractivity contribution >= 4 is 11.7 Å². The molecule has 7 heteroatoms. The van der Waals surface area contributed by atoms with Gasteiger partial charge in [-0.05, 0) is 49.6 Å². The van der Waals surface area contributed by atoms with E-state index >= 15 is 0 Å². The van der Waals surface area contributed by atoms with Gasteiger partial charge in [0.1, 0.15) is 17.6 Å². The summed E-state index contributed by atoms with van der Waals surface area (Å²) in [7, 11) is 2.94. The van der Waals surface area contributed by atoms with E-state index in [1.165, 1.54) is 12.8 Å². The van der Waals surface area contributed by atoms with Crippen LogP contribution >= 0.6 is 0 Å². The van der Waals surface area contributed by atoms with Gasteiger partial charge >= 0.3 is 5.97 Å². The van der Waals surface area contributed by atoms with Crippen LogP contribution in [0.5, 0.6) is 11.5 Å². The molecule has 0 bridgehead atoms. The van der Waals surface area contributed by atoms with Crippen molar-refractivity contribution in [1.29, 1.82) is 0 Å². The van der Waals surface area contributed by atoms with Gasteiger partial charge in [-0.2, -0.15) is 0 Å². The van der Waals surface area contributed by atoms with Gasteiger partial charge in [-0.3, -0.25) is 4.90 Å². The normalized spacial score (nSPS) is 23.2. The van der Waals surface area contributed by atoms with Crippen LogP contribution in [0.25, 0.3) is 0 Å². The summed E-state index contributed by atoms with van der Waals surface area (Å²) < 4.78 is 16.7. The number of piperazine rings is 1.